The SMILES string of the molecule is CCOC(=O)C1=C(C)NC2=C(C(=O)CC(c3ccccc3OC)C2)C1c1cccc(OC)c1OC. The number of Topliss-reactive ketones (excluding diaryl/α,β-unsaturated/α-hetero) is 1. The van der Waals surface area contributed by atoms with Crippen LogP contribution in [0.2, 0.25) is 0 Å². The van der Waals surface area contributed by atoms with Crippen molar-refractivity contribution in [1.29, 1.82) is 0 Å². The molecule has 0 saturated carbocycles. The number of nitrogens with one attached hydrogen (secondary N) is 1. The number of ether oxygens (including phenoxy) is 4. The summed E-state index contributed by atoms with van der Waals surface area (Å²) in [6.45, 7) is 3.83. The minimum atomic E-state index is -0.638. The lowest BCUT2D eigenvalue weighted by atomic mass is 9.71. The third-order valence-corrected chi connectivity index (χ3v) is 6.65. The molecule has 7 nitrogen and oxygen atoms in total. The molecule has 0 spiro atoms. The molecule has 4 rings (SSSR count). The average Bonchev–Trinajstić information content (AvgIpc) is 2.87. The van der Waals surface area contributed by atoms with Gasteiger partial charge in [0.05, 0.1) is 39.4 Å². The summed E-state index contributed by atoms with van der Waals surface area (Å²) >= 11 is 0. The van der Waals surface area contributed by atoms with E-state index in [0.29, 0.717) is 46.7 Å². The molecule has 0 saturated heterocycles. The van der Waals surface area contributed by atoms with Crippen molar-refractivity contribution in [1.82, 2.24) is 5.32 Å². The van der Waals surface area contributed by atoms with E-state index in [-0.39, 0.29) is 18.3 Å². The minimum Gasteiger partial charge on any atom is -0.496 e. The lowest BCUT2D eigenvalue weighted by Crippen LogP contribution is -2.36. The van der Waals surface area contributed by atoms with Gasteiger partial charge in [-0.2, -0.15) is 0 Å². The van der Waals surface area contributed by atoms with Crippen LogP contribution in [0.1, 0.15) is 49.7 Å². The fourth-order valence-corrected chi connectivity index (χ4v) is 5.19. The number of methoxy groups -OCH3 is 3. The molecule has 184 valence electrons. The molecule has 2 atom stereocenters. The van der Waals surface area contributed by atoms with Crippen LogP contribution in [0.25, 0.3) is 0 Å². The van der Waals surface area contributed by atoms with Crippen molar-refractivity contribution in [2.24, 2.45) is 0 Å². The zero-order chi connectivity index (χ0) is 25.1. The van der Waals surface area contributed by atoms with Gasteiger partial charge in [0.1, 0.15) is 5.75 Å². The summed E-state index contributed by atoms with van der Waals surface area (Å²) in [6, 6.07) is 13.3. The predicted molar refractivity (Wildman–Crippen MR) is 132 cm³/mol. The van der Waals surface area contributed by atoms with Crippen LogP contribution in [0.15, 0.2) is 65.0 Å². The molecular weight excluding hydrogens is 446 g/mol. The lowest BCUT2D eigenvalue weighted by molar-refractivity contribution is -0.138. The second-order valence-electron chi connectivity index (χ2n) is 8.56. The molecule has 0 bridgehead atoms. The molecule has 2 aromatic rings. The first-order valence-electron chi connectivity index (χ1n) is 11.7. The van der Waals surface area contributed by atoms with Crippen LogP contribution in [0.5, 0.6) is 17.2 Å². The molecule has 7 heteroatoms. The Balaban J connectivity index is 1.88. The summed E-state index contributed by atoms with van der Waals surface area (Å²) in [5.74, 6) is 0.605. The van der Waals surface area contributed by atoms with E-state index in [1.807, 2.05) is 43.3 Å². The van der Waals surface area contributed by atoms with Gasteiger partial charge in [-0.3, -0.25) is 4.79 Å². The average molecular weight is 478 g/mol. The molecule has 2 unspecified atom stereocenters. The highest BCUT2D eigenvalue weighted by Gasteiger charge is 2.43. The fraction of sp³-hybridized carbons (Fsp3) is 0.357. The standard InChI is InChI=1S/C28H31NO6/c1-6-35-28(31)24-16(2)29-20-14-17(18-10-7-8-12-22(18)32-3)15-21(30)26(20)25(24)19-11-9-13-23(33-4)27(19)34-5/h7-13,17,25,29H,6,14-15H2,1-5H3. The van der Waals surface area contributed by atoms with Crippen molar-refractivity contribution >= 4 is 11.8 Å². The van der Waals surface area contributed by atoms with Gasteiger partial charge >= 0.3 is 5.97 Å². The molecule has 1 aliphatic carbocycles. The number of benzene rings is 2. The smallest absolute Gasteiger partial charge is 0.336 e. The van der Waals surface area contributed by atoms with E-state index >= 15 is 0 Å². The summed E-state index contributed by atoms with van der Waals surface area (Å²) in [5.41, 5.74) is 4.11. The van der Waals surface area contributed by atoms with Gasteiger partial charge in [-0.1, -0.05) is 30.3 Å². The number of rotatable bonds is 7. The van der Waals surface area contributed by atoms with E-state index in [9.17, 15) is 9.59 Å². The molecule has 0 amide bonds. The van der Waals surface area contributed by atoms with E-state index in [1.165, 1.54) is 0 Å². The van der Waals surface area contributed by atoms with Crippen LogP contribution in [0, 0.1) is 0 Å². The highest BCUT2D eigenvalue weighted by Crippen LogP contribution is 2.50. The Kier molecular flexibility index (Phi) is 7.15. The quantitative estimate of drug-likeness (QED) is 0.582. The number of carbonyl (C=O) groups excluding carboxylic acids is 2. The van der Waals surface area contributed by atoms with Crippen molar-refractivity contribution in [2.75, 3.05) is 27.9 Å². The van der Waals surface area contributed by atoms with E-state index in [1.54, 1.807) is 34.3 Å². The Morgan fingerprint density at radius 2 is 1.63 bits per heavy atom. The van der Waals surface area contributed by atoms with Gasteiger partial charge < -0.3 is 24.3 Å². The van der Waals surface area contributed by atoms with Crippen molar-refractivity contribution in [3.8, 4) is 17.2 Å². The van der Waals surface area contributed by atoms with Crippen molar-refractivity contribution < 1.29 is 28.5 Å². The second-order valence-corrected chi connectivity index (χ2v) is 8.56. The summed E-state index contributed by atoms with van der Waals surface area (Å²) in [5, 5.41) is 3.37. The summed E-state index contributed by atoms with van der Waals surface area (Å²) < 4.78 is 22.2. The molecule has 0 radical (unpaired) electrons. The number of dihydropyridines is 1. The lowest BCUT2D eigenvalue weighted by Gasteiger charge is -2.37. The van der Waals surface area contributed by atoms with E-state index in [4.69, 9.17) is 18.9 Å². The maximum Gasteiger partial charge on any atom is 0.336 e. The number of carbonyl (C=O) groups is 2. The Morgan fingerprint density at radius 1 is 0.943 bits per heavy atom. The Bertz CT molecular complexity index is 1210. The largest absolute Gasteiger partial charge is 0.496 e. The minimum absolute atomic E-state index is 0.0289. The van der Waals surface area contributed by atoms with Gasteiger partial charge in [0.25, 0.3) is 0 Å². The third-order valence-electron chi connectivity index (χ3n) is 6.65. The van der Waals surface area contributed by atoms with Gasteiger partial charge in [0.15, 0.2) is 17.3 Å². The molecule has 1 aliphatic heterocycles. The number of esters is 1. The first-order chi connectivity index (χ1) is 16.9. The molecular formula is C28H31NO6. The first kappa shape index (κ1) is 24.4. The second kappa shape index (κ2) is 10.3. The Labute approximate surface area is 205 Å². The van der Waals surface area contributed by atoms with Crippen LogP contribution >= 0.6 is 0 Å². The van der Waals surface area contributed by atoms with Gasteiger partial charge in [-0.15, -0.1) is 0 Å². The summed E-state index contributed by atoms with van der Waals surface area (Å²) in [6.07, 6.45) is 0.913. The summed E-state index contributed by atoms with van der Waals surface area (Å²) in [4.78, 5) is 27.0. The van der Waals surface area contributed by atoms with Crippen LogP contribution in [-0.4, -0.2) is 39.7 Å². The van der Waals surface area contributed by atoms with Crippen molar-refractivity contribution in [2.45, 2.75) is 38.5 Å². The maximum absolute atomic E-state index is 13.8. The zero-order valence-corrected chi connectivity index (χ0v) is 20.8. The van der Waals surface area contributed by atoms with Crippen LogP contribution in [0.3, 0.4) is 0 Å². The van der Waals surface area contributed by atoms with E-state index in [0.717, 1.165) is 17.0 Å². The number of allylic oxidation sites excluding steroid dienone is 3. The van der Waals surface area contributed by atoms with Gasteiger partial charge in [0.2, 0.25) is 0 Å². The number of para-hydroxylation sites is 2. The first-order valence-corrected chi connectivity index (χ1v) is 11.7. The van der Waals surface area contributed by atoms with Gasteiger partial charge in [-0.05, 0) is 38.0 Å². The monoisotopic (exact) mass is 477 g/mol. The van der Waals surface area contributed by atoms with E-state index in [2.05, 4.69) is 5.32 Å². The van der Waals surface area contributed by atoms with E-state index < -0.39 is 11.9 Å². The van der Waals surface area contributed by atoms with Gasteiger partial charge in [-0.25, -0.2) is 4.79 Å². The molecule has 2 aromatic carbocycles. The number of ketones is 1. The molecule has 35 heavy (non-hydrogen) atoms. The van der Waals surface area contributed by atoms with Crippen molar-refractivity contribution in [3.05, 3.63) is 76.1 Å². The Morgan fingerprint density at radius 3 is 2.31 bits per heavy atom. The van der Waals surface area contributed by atoms with Gasteiger partial charge in [0, 0.05) is 34.9 Å². The normalized spacial score (nSPS) is 19.6. The predicted octanol–water partition coefficient (Wildman–Crippen LogP) is 4.64. The topological polar surface area (TPSA) is 83.1 Å². The fourth-order valence-electron chi connectivity index (χ4n) is 5.19. The van der Waals surface area contributed by atoms with Crippen molar-refractivity contribution in [3.63, 3.8) is 0 Å². The van der Waals surface area contributed by atoms with Crippen LogP contribution in [-0.2, 0) is 14.3 Å². The molecule has 1 N–H and O–H groups in total. The third kappa shape index (κ3) is 4.38. The molecule has 2 aliphatic rings. The molecule has 1 heterocycles. The Hall–Kier alpha value is -3.74. The molecule has 0 aromatic heterocycles. The zero-order valence-electron chi connectivity index (χ0n) is 20.8. The number of hydrogen-bond donors (Lipinski definition) is 1. The maximum atomic E-state index is 13.8. The number of hydrogen-bond acceptors (Lipinski definition) is 7. The molecule has 0 fully saturated rings. The highest BCUT2D eigenvalue weighted by atomic mass is 16.5. The van der Waals surface area contributed by atoms with Crippen LogP contribution in [0.4, 0.5) is 0 Å². The summed E-state index contributed by atoms with van der Waals surface area (Å²) in [7, 11) is 4.75. The highest BCUT2D eigenvalue weighted by molar-refractivity contribution is 6.04. The van der Waals surface area contributed by atoms with Crippen LogP contribution < -0.4 is 19.5 Å².